The second kappa shape index (κ2) is 10.9. The van der Waals surface area contributed by atoms with Gasteiger partial charge in [-0.1, -0.05) is 69.5 Å². The topological polar surface area (TPSA) is 0 Å². The van der Waals surface area contributed by atoms with Crippen molar-refractivity contribution < 1.29 is 16.9 Å². The van der Waals surface area contributed by atoms with Gasteiger partial charge in [-0.15, -0.1) is 0 Å². The van der Waals surface area contributed by atoms with Crippen LogP contribution in [0.4, 0.5) is 0 Å². The Kier molecular flexibility index (Phi) is 10.5. The number of hydrogen-bond donors (Lipinski definition) is 0. The molecule has 0 radical (unpaired) electrons. The number of quaternary nitrogens is 1. The molecular formula is C19H32ClN. The van der Waals surface area contributed by atoms with Crippen molar-refractivity contribution in [3.8, 4) is 0 Å². The number of benzene rings is 1. The van der Waals surface area contributed by atoms with Gasteiger partial charge in [0.05, 0.1) is 20.6 Å². The summed E-state index contributed by atoms with van der Waals surface area (Å²) in [6.45, 7) is 8.55. The summed E-state index contributed by atoms with van der Waals surface area (Å²) in [5.74, 6) is 0. The Labute approximate surface area is 138 Å². The van der Waals surface area contributed by atoms with Crippen LogP contribution >= 0.6 is 0 Å². The molecule has 0 saturated heterocycles. The molecule has 1 aromatic rings. The highest BCUT2D eigenvalue weighted by molar-refractivity contribution is 5.51. The van der Waals surface area contributed by atoms with Crippen LogP contribution in [0.2, 0.25) is 0 Å². The Morgan fingerprint density at radius 1 is 1.00 bits per heavy atom. The second-order valence-corrected chi connectivity index (χ2v) is 6.49. The number of hydrogen-bond acceptors (Lipinski definition) is 0. The van der Waals surface area contributed by atoms with E-state index >= 15 is 0 Å². The van der Waals surface area contributed by atoms with Gasteiger partial charge in [0.2, 0.25) is 0 Å². The summed E-state index contributed by atoms with van der Waals surface area (Å²) in [4.78, 5) is 0. The van der Waals surface area contributed by atoms with Crippen molar-refractivity contribution >= 4 is 6.08 Å². The van der Waals surface area contributed by atoms with Crippen LogP contribution in [0, 0.1) is 0 Å². The highest BCUT2D eigenvalue weighted by Crippen LogP contribution is 2.17. The van der Waals surface area contributed by atoms with Crippen LogP contribution in [-0.4, -0.2) is 25.1 Å². The van der Waals surface area contributed by atoms with E-state index in [1.54, 1.807) is 0 Å². The molecule has 0 bridgehead atoms. The molecule has 0 aromatic heterocycles. The quantitative estimate of drug-likeness (QED) is 0.459. The molecule has 0 aliphatic rings. The molecule has 0 heterocycles. The minimum Gasteiger partial charge on any atom is -1.00 e. The van der Waals surface area contributed by atoms with Gasteiger partial charge in [0.25, 0.3) is 0 Å². The summed E-state index contributed by atoms with van der Waals surface area (Å²) in [6, 6.07) is 8.62. The minimum absolute atomic E-state index is 0. The van der Waals surface area contributed by atoms with Crippen LogP contribution < -0.4 is 12.4 Å². The molecular weight excluding hydrogens is 278 g/mol. The van der Waals surface area contributed by atoms with Gasteiger partial charge < -0.3 is 16.9 Å². The van der Waals surface area contributed by atoms with Crippen molar-refractivity contribution in [2.24, 2.45) is 0 Å². The van der Waals surface area contributed by atoms with Crippen molar-refractivity contribution in [2.75, 3.05) is 20.6 Å². The lowest BCUT2D eigenvalue weighted by molar-refractivity contribution is -0.903. The lowest BCUT2D eigenvalue weighted by atomic mass is 10.1. The summed E-state index contributed by atoms with van der Waals surface area (Å²) in [6.07, 6.45) is 10.2. The highest BCUT2D eigenvalue weighted by atomic mass is 35.5. The third kappa shape index (κ3) is 8.28. The first-order valence-electron chi connectivity index (χ1n) is 8.11. The maximum Gasteiger partial charge on any atom is 0.105 e. The zero-order valence-corrected chi connectivity index (χ0v) is 14.8. The van der Waals surface area contributed by atoms with E-state index in [0.29, 0.717) is 0 Å². The molecule has 0 amide bonds. The van der Waals surface area contributed by atoms with Crippen LogP contribution in [0.25, 0.3) is 6.08 Å². The molecule has 0 aliphatic heterocycles. The fourth-order valence-electron chi connectivity index (χ4n) is 2.74. The summed E-state index contributed by atoms with van der Waals surface area (Å²) in [5, 5.41) is 0. The van der Waals surface area contributed by atoms with Crippen molar-refractivity contribution in [1.82, 2.24) is 0 Å². The summed E-state index contributed by atoms with van der Waals surface area (Å²) >= 11 is 0. The SMILES string of the molecule is C=Cc1ccccc1C[N+](C)(C)CCCCCCCC.[Cl-]. The standard InChI is InChI=1S/C19H32N.ClH/c1-5-7-8-9-10-13-16-20(3,4)17-19-15-12-11-14-18(19)6-2;/h6,11-12,14-15H,2,5,7-10,13,16-17H2,1,3-4H3;1H/q+1;/p-1. The fourth-order valence-corrected chi connectivity index (χ4v) is 2.74. The maximum absolute atomic E-state index is 3.92. The smallest absolute Gasteiger partial charge is 0.105 e. The Bertz CT molecular complexity index is 398. The fraction of sp³-hybridized carbons (Fsp3) is 0.579. The monoisotopic (exact) mass is 309 g/mol. The average molecular weight is 310 g/mol. The first kappa shape index (κ1) is 20.2. The molecule has 0 aliphatic carbocycles. The Balaban J connectivity index is 0.00000400. The summed E-state index contributed by atoms with van der Waals surface area (Å²) < 4.78 is 1.07. The molecule has 0 spiro atoms. The van der Waals surface area contributed by atoms with Crippen LogP contribution in [0.15, 0.2) is 30.8 Å². The molecule has 21 heavy (non-hydrogen) atoms. The molecule has 0 N–H and O–H groups in total. The van der Waals surface area contributed by atoms with Gasteiger partial charge in [0.15, 0.2) is 0 Å². The first-order chi connectivity index (χ1) is 9.59. The van der Waals surface area contributed by atoms with Gasteiger partial charge in [0.1, 0.15) is 6.54 Å². The van der Waals surface area contributed by atoms with Crippen LogP contribution in [0.5, 0.6) is 0 Å². The van der Waals surface area contributed by atoms with E-state index in [-0.39, 0.29) is 12.4 Å². The maximum atomic E-state index is 3.92. The van der Waals surface area contributed by atoms with Crippen molar-refractivity contribution in [3.05, 3.63) is 42.0 Å². The molecule has 0 atom stereocenters. The minimum atomic E-state index is 0. The lowest BCUT2D eigenvalue weighted by Gasteiger charge is -2.30. The van der Waals surface area contributed by atoms with Crippen molar-refractivity contribution in [1.29, 1.82) is 0 Å². The van der Waals surface area contributed by atoms with Gasteiger partial charge in [-0.25, -0.2) is 0 Å². The first-order valence-corrected chi connectivity index (χ1v) is 8.11. The van der Waals surface area contributed by atoms with Gasteiger partial charge in [-0.2, -0.15) is 0 Å². The number of unbranched alkanes of at least 4 members (excludes halogenated alkanes) is 5. The Morgan fingerprint density at radius 3 is 2.29 bits per heavy atom. The molecule has 0 saturated carbocycles. The van der Waals surface area contributed by atoms with E-state index in [1.165, 1.54) is 56.2 Å². The van der Waals surface area contributed by atoms with Crippen molar-refractivity contribution in [3.63, 3.8) is 0 Å². The molecule has 2 heteroatoms. The highest BCUT2D eigenvalue weighted by Gasteiger charge is 2.16. The van der Waals surface area contributed by atoms with E-state index in [9.17, 15) is 0 Å². The number of halogens is 1. The van der Waals surface area contributed by atoms with Gasteiger partial charge in [-0.05, 0) is 18.4 Å². The van der Waals surface area contributed by atoms with Gasteiger partial charge in [-0.3, -0.25) is 0 Å². The molecule has 1 aromatic carbocycles. The lowest BCUT2D eigenvalue weighted by Crippen LogP contribution is -3.00. The summed E-state index contributed by atoms with van der Waals surface area (Å²) in [7, 11) is 4.68. The molecule has 120 valence electrons. The second-order valence-electron chi connectivity index (χ2n) is 6.49. The predicted octanol–water partition coefficient (Wildman–Crippen LogP) is 2.27. The third-order valence-corrected chi connectivity index (χ3v) is 3.99. The van der Waals surface area contributed by atoms with E-state index < -0.39 is 0 Å². The zero-order chi connectivity index (χ0) is 14.8. The zero-order valence-electron chi connectivity index (χ0n) is 14.1. The van der Waals surface area contributed by atoms with E-state index in [2.05, 4.69) is 51.9 Å². The Hall–Kier alpha value is -0.790. The van der Waals surface area contributed by atoms with Crippen LogP contribution in [-0.2, 0) is 6.54 Å². The van der Waals surface area contributed by atoms with E-state index in [0.717, 1.165) is 11.0 Å². The normalized spacial score (nSPS) is 11.0. The van der Waals surface area contributed by atoms with E-state index in [4.69, 9.17) is 0 Å². The Morgan fingerprint density at radius 2 is 1.62 bits per heavy atom. The molecule has 1 nitrogen and oxygen atoms in total. The largest absolute Gasteiger partial charge is 1.00 e. The van der Waals surface area contributed by atoms with E-state index in [1.807, 2.05) is 6.08 Å². The van der Waals surface area contributed by atoms with Crippen molar-refractivity contribution in [2.45, 2.75) is 52.0 Å². The molecule has 1 rings (SSSR count). The average Bonchev–Trinajstić information content (AvgIpc) is 2.43. The number of rotatable bonds is 10. The summed E-state index contributed by atoms with van der Waals surface area (Å²) in [5.41, 5.74) is 2.69. The number of nitrogens with zero attached hydrogens (tertiary/aromatic N) is 1. The van der Waals surface area contributed by atoms with Crippen LogP contribution in [0.3, 0.4) is 0 Å². The molecule has 0 unspecified atom stereocenters. The predicted molar refractivity (Wildman–Crippen MR) is 90.6 cm³/mol. The third-order valence-electron chi connectivity index (χ3n) is 3.99. The van der Waals surface area contributed by atoms with Gasteiger partial charge in [0, 0.05) is 5.56 Å². The molecule has 0 fully saturated rings. The van der Waals surface area contributed by atoms with Crippen LogP contribution in [0.1, 0.15) is 56.6 Å². The van der Waals surface area contributed by atoms with Gasteiger partial charge >= 0.3 is 0 Å².